The number of nitrogens with zero attached hydrogens (tertiary/aromatic N) is 6. The van der Waals surface area contributed by atoms with Crippen LogP contribution in [0.2, 0.25) is 0 Å². The van der Waals surface area contributed by atoms with Gasteiger partial charge in [-0.05, 0) is 62.9 Å². The van der Waals surface area contributed by atoms with E-state index in [2.05, 4.69) is 40.7 Å². The second-order valence-corrected chi connectivity index (χ2v) is 8.20. The van der Waals surface area contributed by atoms with Crippen molar-refractivity contribution >= 4 is 17.6 Å². The summed E-state index contributed by atoms with van der Waals surface area (Å²) in [6.07, 6.45) is 6.39. The van der Waals surface area contributed by atoms with Crippen LogP contribution in [0.1, 0.15) is 54.9 Å². The number of likely N-dealkylation sites (tertiary alicyclic amines) is 1. The van der Waals surface area contributed by atoms with E-state index in [0.29, 0.717) is 13.1 Å². The molecule has 1 aliphatic rings. The van der Waals surface area contributed by atoms with Gasteiger partial charge in [-0.15, -0.1) is 10.2 Å². The van der Waals surface area contributed by atoms with E-state index in [4.69, 9.17) is 0 Å². The predicted molar refractivity (Wildman–Crippen MR) is 119 cm³/mol. The van der Waals surface area contributed by atoms with Crippen LogP contribution in [-0.4, -0.2) is 43.1 Å². The summed E-state index contributed by atoms with van der Waals surface area (Å²) in [5, 5.41) is 18.3. The molecule has 0 spiro atoms. The van der Waals surface area contributed by atoms with Gasteiger partial charge in [0.05, 0.1) is 0 Å². The summed E-state index contributed by atoms with van der Waals surface area (Å²) < 4.78 is 4.26. The average Bonchev–Trinajstić information content (AvgIpc) is 3.34. The molecule has 0 aliphatic carbocycles. The number of carbonyl (C=O) groups is 1. The molecule has 1 aliphatic heterocycles. The van der Waals surface area contributed by atoms with E-state index in [1.165, 1.54) is 0 Å². The molecule has 0 N–H and O–H groups in total. The van der Waals surface area contributed by atoms with Gasteiger partial charge in [0.2, 0.25) is 0 Å². The normalized spacial score (nSPS) is 15.4. The van der Waals surface area contributed by atoms with Crippen molar-refractivity contribution in [2.75, 3.05) is 13.1 Å². The summed E-state index contributed by atoms with van der Waals surface area (Å²) in [7, 11) is 0. The Kier molecular flexibility index (Phi) is 5.90. The third-order valence-corrected chi connectivity index (χ3v) is 6.20. The molecule has 1 fully saturated rings. The van der Waals surface area contributed by atoms with E-state index in [1.807, 2.05) is 35.7 Å². The summed E-state index contributed by atoms with van der Waals surface area (Å²) in [5.74, 6) is 1.01. The fraction of sp³-hybridized carbons (Fsp3) is 0.417. The SMILES string of the molecule is CCCn1c(C)cc(/C=C(/C#N)C(=O)N2CCC(c3nnc4ccccn34)CC2)c1C. The van der Waals surface area contributed by atoms with Gasteiger partial charge >= 0.3 is 0 Å². The number of hydrogen-bond donors (Lipinski definition) is 0. The molecule has 0 bridgehead atoms. The fourth-order valence-electron chi connectivity index (χ4n) is 4.49. The topological polar surface area (TPSA) is 79.2 Å². The van der Waals surface area contributed by atoms with Gasteiger partial charge in [0, 0.05) is 43.1 Å². The first kappa shape index (κ1) is 20.9. The van der Waals surface area contributed by atoms with Crippen LogP contribution in [0, 0.1) is 25.2 Å². The third-order valence-electron chi connectivity index (χ3n) is 6.20. The monoisotopic (exact) mass is 416 g/mol. The van der Waals surface area contributed by atoms with E-state index in [-0.39, 0.29) is 17.4 Å². The highest BCUT2D eigenvalue weighted by molar-refractivity contribution is 6.01. The van der Waals surface area contributed by atoms with Crippen molar-refractivity contribution in [1.82, 2.24) is 24.1 Å². The van der Waals surface area contributed by atoms with E-state index in [0.717, 1.165) is 54.2 Å². The quantitative estimate of drug-likeness (QED) is 0.467. The second kappa shape index (κ2) is 8.76. The first-order valence-electron chi connectivity index (χ1n) is 10.9. The highest BCUT2D eigenvalue weighted by atomic mass is 16.2. The number of nitriles is 1. The Morgan fingerprint density at radius 3 is 2.74 bits per heavy atom. The fourth-order valence-corrected chi connectivity index (χ4v) is 4.49. The molecule has 1 amide bonds. The maximum atomic E-state index is 13.1. The summed E-state index contributed by atoms with van der Waals surface area (Å²) in [6, 6.07) is 10.0. The van der Waals surface area contributed by atoms with Crippen molar-refractivity contribution in [1.29, 1.82) is 5.26 Å². The zero-order valence-corrected chi connectivity index (χ0v) is 18.4. The van der Waals surface area contributed by atoms with E-state index < -0.39 is 0 Å². The van der Waals surface area contributed by atoms with Gasteiger partial charge in [-0.1, -0.05) is 13.0 Å². The summed E-state index contributed by atoms with van der Waals surface area (Å²) >= 11 is 0. The lowest BCUT2D eigenvalue weighted by atomic mass is 9.95. The minimum absolute atomic E-state index is 0.188. The van der Waals surface area contributed by atoms with E-state index in [9.17, 15) is 10.1 Å². The molecular weight excluding hydrogens is 388 g/mol. The van der Waals surface area contributed by atoms with Gasteiger partial charge < -0.3 is 9.47 Å². The van der Waals surface area contributed by atoms with Crippen LogP contribution in [0.25, 0.3) is 11.7 Å². The summed E-state index contributed by atoms with van der Waals surface area (Å²) in [5.41, 5.74) is 4.23. The van der Waals surface area contributed by atoms with Crippen molar-refractivity contribution in [3.8, 4) is 6.07 Å². The average molecular weight is 417 g/mol. The number of rotatable bonds is 5. The van der Waals surface area contributed by atoms with Gasteiger partial charge in [-0.25, -0.2) is 0 Å². The number of aryl methyl sites for hydroxylation is 1. The highest BCUT2D eigenvalue weighted by Gasteiger charge is 2.28. The standard InChI is InChI=1S/C24H28N6O/c1-4-10-29-17(2)14-20(18(29)3)15-21(16-25)24(31)28-12-8-19(9-13-28)23-27-26-22-7-5-6-11-30(22)23/h5-7,11,14-15,19H,4,8-10,12-13H2,1-3H3/b21-15-. The zero-order chi connectivity index (χ0) is 22.0. The van der Waals surface area contributed by atoms with Crippen molar-refractivity contribution < 1.29 is 4.79 Å². The van der Waals surface area contributed by atoms with Crippen LogP contribution < -0.4 is 0 Å². The van der Waals surface area contributed by atoms with Crippen LogP contribution in [0.5, 0.6) is 0 Å². The van der Waals surface area contributed by atoms with Crippen molar-refractivity contribution in [3.63, 3.8) is 0 Å². The largest absolute Gasteiger partial charge is 0.349 e. The molecule has 0 aromatic carbocycles. The van der Waals surface area contributed by atoms with Crippen LogP contribution >= 0.6 is 0 Å². The number of pyridine rings is 1. The van der Waals surface area contributed by atoms with Crippen molar-refractivity contribution in [2.24, 2.45) is 0 Å². The molecule has 3 aromatic rings. The Bertz CT molecular complexity index is 1170. The van der Waals surface area contributed by atoms with Gasteiger partial charge in [-0.2, -0.15) is 5.26 Å². The van der Waals surface area contributed by atoms with Crippen LogP contribution in [0.15, 0.2) is 36.0 Å². The molecule has 4 rings (SSSR count). The van der Waals surface area contributed by atoms with E-state index >= 15 is 0 Å². The molecule has 0 unspecified atom stereocenters. The lowest BCUT2D eigenvalue weighted by Crippen LogP contribution is -2.38. The molecule has 0 saturated carbocycles. The zero-order valence-electron chi connectivity index (χ0n) is 18.4. The molecule has 4 heterocycles. The molecular formula is C24H28N6O. The maximum Gasteiger partial charge on any atom is 0.264 e. The maximum absolute atomic E-state index is 13.1. The molecule has 7 heteroatoms. The number of aromatic nitrogens is 4. The number of carbonyl (C=O) groups excluding carboxylic acids is 1. The molecule has 0 atom stereocenters. The summed E-state index contributed by atoms with van der Waals surface area (Å²) in [6.45, 7) is 8.41. The first-order valence-corrected chi connectivity index (χ1v) is 10.9. The number of fused-ring (bicyclic) bond motifs is 1. The van der Waals surface area contributed by atoms with Gasteiger partial charge in [0.15, 0.2) is 5.65 Å². The Morgan fingerprint density at radius 1 is 1.26 bits per heavy atom. The lowest BCUT2D eigenvalue weighted by Gasteiger charge is -2.31. The van der Waals surface area contributed by atoms with Crippen LogP contribution in [-0.2, 0) is 11.3 Å². The predicted octanol–water partition coefficient (Wildman–Crippen LogP) is 3.87. The molecule has 31 heavy (non-hydrogen) atoms. The Morgan fingerprint density at radius 2 is 2.03 bits per heavy atom. The summed E-state index contributed by atoms with van der Waals surface area (Å²) in [4.78, 5) is 14.9. The van der Waals surface area contributed by atoms with Crippen LogP contribution in [0.4, 0.5) is 0 Å². The van der Waals surface area contributed by atoms with Gasteiger partial charge in [0.1, 0.15) is 17.5 Å². The van der Waals surface area contributed by atoms with E-state index in [1.54, 1.807) is 11.0 Å². The second-order valence-electron chi connectivity index (χ2n) is 8.20. The Labute approximate surface area is 182 Å². The molecule has 0 radical (unpaired) electrons. The van der Waals surface area contributed by atoms with Gasteiger partial charge in [-0.3, -0.25) is 9.20 Å². The third kappa shape index (κ3) is 3.98. The molecule has 7 nitrogen and oxygen atoms in total. The number of hydrogen-bond acceptors (Lipinski definition) is 4. The molecule has 3 aromatic heterocycles. The number of amides is 1. The Hall–Kier alpha value is -3.40. The van der Waals surface area contributed by atoms with Crippen molar-refractivity contribution in [3.05, 3.63) is 58.8 Å². The Balaban J connectivity index is 1.48. The smallest absolute Gasteiger partial charge is 0.264 e. The lowest BCUT2D eigenvalue weighted by molar-refractivity contribution is -0.127. The minimum Gasteiger partial charge on any atom is -0.349 e. The van der Waals surface area contributed by atoms with Gasteiger partial charge in [0.25, 0.3) is 5.91 Å². The molecule has 160 valence electrons. The van der Waals surface area contributed by atoms with Crippen LogP contribution in [0.3, 0.4) is 0 Å². The number of piperidine rings is 1. The highest BCUT2D eigenvalue weighted by Crippen LogP contribution is 2.28. The minimum atomic E-state index is -0.188. The van der Waals surface area contributed by atoms with Crippen molar-refractivity contribution in [2.45, 2.75) is 52.5 Å². The molecule has 1 saturated heterocycles. The first-order chi connectivity index (χ1) is 15.0.